The molecule has 1 heterocycles. The average Bonchev–Trinajstić information content (AvgIpc) is 2.54. The minimum Gasteiger partial charge on any atom is -0.461 e. The van der Waals surface area contributed by atoms with E-state index in [0.29, 0.717) is 5.88 Å². The van der Waals surface area contributed by atoms with E-state index in [0.717, 1.165) is 24.2 Å². The van der Waals surface area contributed by atoms with Gasteiger partial charge < -0.3 is 4.42 Å². The molecule has 0 bridgehead atoms. The fourth-order valence-corrected chi connectivity index (χ4v) is 1.82. The van der Waals surface area contributed by atoms with Gasteiger partial charge in [-0.3, -0.25) is 0 Å². The largest absolute Gasteiger partial charge is 0.461 e. The molecule has 1 aromatic heterocycles. The Bertz CT molecular complexity index is 431. The van der Waals surface area contributed by atoms with Crippen LogP contribution < -0.4 is 0 Å². The van der Waals surface area contributed by atoms with E-state index in [2.05, 4.69) is 13.0 Å². The van der Waals surface area contributed by atoms with Crippen molar-refractivity contribution in [3.63, 3.8) is 0 Å². The number of aryl methyl sites for hydroxylation is 2. The SMILES string of the molecule is Cc1c(CCCCl)oc2ccccc12. The zero-order valence-corrected chi connectivity index (χ0v) is 8.97. The van der Waals surface area contributed by atoms with Crippen molar-refractivity contribution in [2.45, 2.75) is 19.8 Å². The first kappa shape index (κ1) is 9.60. The molecule has 1 aromatic carbocycles. The lowest BCUT2D eigenvalue weighted by atomic mass is 10.1. The van der Waals surface area contributed by atoms with Gasteiger partial charge in [0.2, 0.25) is 0 Å². The summed E-state index contributed by atoms with van der Waals surface area (Å²) in [4.78, 5) is 0. The van der Waals surface area contributed by atoms with Crippen LogP contribution in [0.3, 0.4) is 0 Å². The smallest absolute Gasteiger partial charge is 0.134 e. The average molecular weight is 209 g/mol. The molecule has 0 spiro atoms. The van der Waals surface area contributed by atoms with Crippen LogP contribution in [0.2, 0.25) is 0 Å². The molecule has 0 atom stereocenters. The van der Waals surface area contributed by atoms with Gasteiger partial charge in [-0.05, 0) is 25.0 Å². The Labute approximate surface area is 88.7 Å². The summed E-state index contributed by atoms with van der Waals surface area (Å²) in [5.41, 5.74) is 2.24. The van der Waals surface area contributed by atoms with Crippen LogP contribution in [0, 0.1) is 6.92 Å². The van der Waals surface area contributed by atoms with Crippen LogP contribution in [-0.2, 0) is 6.42 Å². The van der Waals surface area contributed by atoms with Crippen molar-refractivity contribution < 1.29 is 4.42 Å². The van der Waals surface area contributed by atoms with Gasteiger partial charge in [-0.25, -0.2) is 0 Å². The normalized spacial score (nSPS) is 11.0. The summed E-state index contributed by atoms with van der Waals surface area (Å²) in [7, 11) is 0. The number of alkyl halides is 1. The second-order valence-electron chi connectivity index (χ2n) is 3.44. The van der Waals surface area contributed by atoms with Crippen LogP contribution in [0.4, 0.5) is 0 Å². The summed E-state index contributed by atoms with van der Waals surface area (Å²) in [6.07, 6.45) is 1.91. The minimum absolute atomic E-state index is 0.691. The lowest BCUT2D eigenvalue weighted by molar-refractivity contribution is 0.541. The van der Waals surface area contributed by atoms with Crippen LogP contribution in [0.15, 0.2) is 28.7 Å². The van der Waals surface area contributed by atoms with Crippen molar-refractivity contribution in [2.24, 2.45) is 0 Å². The maximum Gasteiger partial charge on any atom is 0.134 e. The first-order valence-electron chi connectivity index (χ1n) is 4.86. The first-order valence-corrected chi connectivity index (χ1v) is 5.39. The Morgan fingerprint density at radius 2 is 2.07 bits per heavy atom. The molecule has 0 saturated carbocycles. The number of hydrogen-bond acceptors (Lipinski definition) is 1. The van der Waals surface area contributed by atoms with Crippen LogP contribution in [0.25, 0.3) is 11.0 Å². The van der Waals surface area contributed by atoms with E-state index in [1.54, 1.807) is 0 Å². The van der Waals surface area contributed by atoms with Crippen molar-refractivity contribution in [1.29, 1.82) is 0 Å². The molecule has 0 saturated heterocycles. The van der Waals surface area contributed by atoms with Gasteiger partial charge in [-0.15, -0.1) is 11.6 Å². The summed E-state index contributed by atoms with van der Waals surface area (Å²) < 4.78 is 5.74. The third-order valence-electron chi connectivity index (χ3n) is 2.48. The molecule has 0 aliphatic rings. The van der Waals surface area contributed by atoms with Gasteiger partial charge >= 0.3 is 0 Å². The maximum absolute atomic E-state index is 5.74. The Kier molecular flexibility index (Phi) is 2.78. The third-order valence-corrected chi connectivity index (χ3v) is 2.75. The molecule has 2 heteroatoms. The fraction of sp³-hybridized carbons (Fsp3) is 0.333. The second-order valence-corrected chi connectivity index (χ2v) is 3.82. The number of rotatable bonds is 3. The monoisotopic (exact) mass is 208 g/mol. The van der Waals surface area contributed by atoms with Crippen LogP contribution >= 0.6 is 11.6 Å². The molecule has 0 N–H and O–H groups in total. The number of hydrogen-bond donors (Lipinski definition) is 0. The molecule has 2 aromatic rings. The highest BCUT2D eigenvalue weighted by molar-refractivity contribution is 6.17. The van der Waals surface area contributed by atoms with E-state index >= 15 is 0 Å². The molecule has 74 valence electrons. The van der Waals surface area contributed by atoms with E-state index in [4.69, 9.17) is 16.0 Å². The molecule has 0 aliphatic heterocycles. The van der Waals surface area contributed by atoms with E-state index in [-0.39, 0.29) is 0 Å². The Morgan fingerprint density at radius 1 is 1.29 bits per heavy atom. The standard InChI is InChI=1S/C12H13ClO/c1-9-10-5-2-3-6-12(10)14-11(9)7-4-8-13/h2-3,5-6H,4,7-8H2,1H3. The van der Waals surface area contributed by atoms with E-state index in [1.165, 1.54) is 10.9 Å². The molecule has 0 aliphatic carbocycles. The van der Waals surface area contributed by atoms with Crippen molar-refractivity contribution in [1.82, 2.24) is 0 Å². The van der Waals surface area contributed by atoms with Crippen molar-refractivity contribution in [2.75, 3.05) is 5.88 Å². The summed E-state index contributed by atoms with van der Waals surface area (Å²) in [5.74, 6) is 1.77. The first-order chi connectivity index (χ1) is 6.83. The van der Waals surface area contributed by atoms with Crippen LogP contribution in [-0.4, -0.2) is 5.88 Å². The molecule has 1 nitrogen and oxygen atoms in total. The lowest BCUT2D eigenvalue weighted by Gasteiger charge is -1.94. The number of para-hydroxylation sites is 1. The van der Waals surface area contributed by atoms with Crippen LogP contribution in [0.1, 0.15) is 17.7 Å². The lowest BCUT2D eigenvalue weighted by Crippen LogP contribution is -1.85. The molecule has 0 amide bonds. The van der Waals surface area contributed by atoms with Crippen molar-refractivity contribution in [3.8, 4) is 0 Å². The van der Waals surface area contributed by atoms with Gasteiger partial charge in [0.15, 0.2) is 0 Å². The highest BCUT2D eigenvalue weighted by Crippen LogP contribution is 2.25. The predicted molar refractivity (Wildman–Crippen MR) is 60.0 cm³/mol. The number of fused-ring (bicyclic) bond motifs is 1. The number of benzene rings is 1. The highest BCUT2D eigenvalue weighted by atomic mass is 35.5. The second kappa shape index (κ2) is 4.05. The maximum atomic E-state index is 5.74. The van der Waals surface area contributed by atoms with E-state index < -0.39 is 0 Å². The Balaban J connectivity index is 2.41. The minimum atomic E-state index is 0.691. The topological polar surface area (TPSA) is 13.1 Å². The summed E-state index contributed by atoms with van der Waals surface area (Å²) in [5, 5.41) is 1.22. The molecular formula is C12H13ClO. The highest BCUT2D eigenvalue weighted by Gasteiger charge is 2.08. The van der Waals surface area contributed by atoms with Crippen molar-refractivity contribution in [3.05, 3.63) is 35.6 Å². The zero-order chi connectivity index (χ0) is 9.97. The third kappa shape index (κ3) is 1.64. The summed E-state index contributed by atoms with van der Waals surface area (Å²) in [6.45, 7) is 2.11. The van der Waals surface area contributed by atoms with Gasteiger partial charge in [-0.2, -0.15) is 0 Å². The molecular weight excluding hydrogens is 196 g/mol. The molecule has 0 radical (unpaired) electrons. The van der Waals surface area contributed by atoms with Gasteiger partial charge in [0.05, 0.1) is 0 Å². The van der Waals surface area contributed by atoms with Gasteiger partial charge in [-0.1, -0.05) is 18.2 Å². The summed E-state index contributed by atoms with van der Waals surface area (Å²) >= 11 is 5.66. The molecule has 0 unspecified atom stereocenters. The number of furan rings is 1. The van der Waals surface area contributed by atoms with Crippen LogP contribution in [0.5, 0.6) is 0 Å². The van der Waals surface area contributed by atoms with Gasteiger partial charge in [0.25, 0.3) is 0 Å². The predicted octanol–water partition coefficient (Wildman–Crippen LogP) is 3.91. The Hall–Kier alpha value is -0.950. The van der Waals surface area contributed by atoms with Gasteiger partial charge in [0, 0.05) is 17.7 Å². The quantitative estimate of drug-likeness (QED) is 0.697. The van der Waals surface area contributed by atoms with Crippen molar-refractivity contribution >= 4 is 22.6 Å². The van der Waals surface area contributed by atoms with E-state index in [9.17, 15) is 0 Å². The fourth-order valence-electron chi connectivity index (χ4n) is 1.69. The molecule has 14 heavy (non-hydrogen) atoms. The van der Waals surface area contributed by atoms with Gasteiger partial charge in [0.1, 0.15) is 11.3 Å². The van der Waals surface area contributed by atoms with E-state index in [1.807, 2.05) is 18.2 Å². The molecule has 2 rings (SSSR count). The molecule has 0 fully saturated rings. The summed E-state index contributed by atoms with van der Waals surface area (Å²) in [6, 6.07) is 8.14. The number of halogens is 1. The zero-order valence-electron chi connectivity index (χ0n) is 8.22. The Morgan fingerprint density at radius 3 is 2.79 bits per heavy atom.